The second kappa shape index (κ2) is 9.68. The van der Waals surface area contributed by atoms with Crippen molar-refractivity contribution in [1.29, 1.82) is 0 Å². The van der Waals surface area contributed by atoms with E-state index in [1.54, 1.807) is 0 Å². The average Bonchev–Trinajstić information content (AvgIpc) is 2.84. The number of rotatable bonds is 6. The van der Waals surface area contributed by atoms with Gasteiger partial charge in [0.15, 0.2) is 17.3 Å². The molecule has 1 fully saturated rings. The fourth-order valence-electron chi connectivity index (χ4n) is 3.99. The van der Waals surface area contributed by atoms with Crippen molar-refractivity contribution in [2.24, 2.45) is 0 Å². The fraction of sp³-hybridized carbons (Fsp3) is 0.391. The summed E-state index contributed by atoms with van der Waals surface area (Å²) in [7, 11) is 2.70. The van der Waals surface area contributed by atoms with Crippen LogP contribution >= 0.6 is 0 Å². The summed E-state index contributed by atoms with van der Waals surface area (Å²) in [5, 5.41) is 70.7. The molecule has 190 valence electrons. The Bertz CT molecular complexity index is 1090. The lowest BCUT2D eigenvalue weighted by molar-refractivity contribution is -0.295. The molecule has 4 rings (SSSR count). The predicted octanol–water partition coefficient (Wildman–Crippen LogP) is -0.0258. The van der Waals surface area contributed by atoms with E-state index in [1.165, 1.54) is 38.5 Å². The van der Waals surface area contributed by atoms with Gasteiger partial charge in [0.25, 0.3) is 11.9 Å². The number of benzene rings is 2. The second-order valence-corrected chi connectivity index (χ2v) is 8.07. The number of methoxy groups -OCH3 is 2. The third-order valence-corrected chi connectivity index (χ3v) is 5.86. The molecule has 0 saturated carbocycles. The van der Waals surface area contributed by atoms with Crippen molar-refractivity contribution in [2.45, 2.75) is 36.8 Å². The minimum absolute atomic E-state index is 0.0395. The first-order valence-electron chi connectivity index (χ1n) is 10.6. The zero-order valence-electron chi connectivity index (χ0n) is 18.8. The number of phenols is 3. The quantitative estimate of drug-likeness (QED) is 0.266. The van der Waals surface area contributed by atoms with E-state index in [0.717, 1.165) is 6.07 Å². The van der Waals surface area contributed by atoms with E-state index >= 15 is 0 Å². The van der Waals surface area contributed by atoms with Gasteiger partial charge < -0.3 is 59.4 Å². The SMILES string of the molecule is COc1cc(C2[OH+]c3cc(O)cc(O)c3C=C2O[C@@H]2O[C@H](CO)[C@H](O)[C@H](O)[C@H]2O)cc(OC)c1O. The highest BCUT2D eigenvalue weighted by atomic mass is 16.7. The normalized spacial score (nSPS) is 27.9. The van der Waals surface area contributed by atoms with E-state index < -0.39 is 43.4 Å². The van der Waals surface area contributed by atoms with E-state index in [0.29, 0.717) is 5.56 Å². The van der Waals surface area contributed by atoms with Crippen molar-refractivity contribution in [3.8, 4) is 34.5 Å². The van der Waals surface area contributed by atoms with Crippen LogP contribution in [-0.4, -0.2) is 92.0 Å². The van der Waals surface area contributed by atoms with Crippen molar-refractivity contribution in [1.82, 2.24) is 0 Å². The van der Waals surface area contributed by atoms with Crippen LogP contribution in [0.1, 0.15) is 17.2 Å². The van der Waals surface area contributed by atoms with Crippen molar-refractivity contribution < 1.29 is 59.4 Å². The maximum Gasteiger partial charge on any atom is 0.270 e. The summed E-state index contributed by atoms with van der Waals surface area (Å²) in [5.74, 6) is -0.352. The lowest BCUT2D eigenvalue weighted by atomic mass is 9.98. The van der Waals surface area contributed by atoms with Crippen LogP contribution in [0.3, 0.4) is 0 Å². The number of aromatic hydroxyl groups is 4. The molecule has 2 aliphatic rings. The van der Waals surface area contributed by atoms with Crippen LogP contribution in [0.4, 0.5) is 0 Å². The van der Waals surface area contributed by atoms with Gasteiger partial charge in [-0.25, -0.2) is 0 Å². The molecule has 0 aromatic heterocycles. The van der Waals surface area contributed by atoms with Crippen molar-refractivity contribution in [3.05, 3.63) is 41.2 Å². The molecule has 8 N–H and O–H groups in total. The maximum atomic E-state index is 10.4. The van der Waals surface area contributed by atoms with Gasteiger partial charge in [0.2, 0.25) is 12.0 Å². The van der Waals surface area contributed by atoms with Crippen molar-refractivity contribution in [3.63, 3.8) is 0 Å². The molecule has 6 atom stereocenters. The Labute approximate surface area is 199 Å². The monoisotopic (exact) mass is 495 g/mol. The van der Waals surface area contributed by atoms with Gasteiger partial charge in [-0.05, 0) is 12.1 Å². The first kappa shape index (κ1) is 24.7. The first-order chi connectivity index (χ1) is 16.7. The zero-order valence-corrected chi connectivity index (χ0v) is 18.8. The number of aliphatic hydroxyl groups excluding tert-OH is 4. The average molecular weight is 495 g/mol. The van der Waals surface area contributed by atoms with E-state index in [1.807, 2.05) is 0 Å². The van der Waals surface area contributed by atoms with Gasteiger partial charge in [-0.2, -0.15) is 0 Å². The van der Waals surface area contributed by atoms with Gasteiger partial charge in [0.05, 0.1) is 32.5 Å². The number of hydrogen-bond acceptors (Lipinski definition) is 11. The summed E-state index contributed by atoms with van der Waals surface area (Å²) in [6.07, 6.45) is -7.21. The molecule has 2 heterocycles. The number of phenolic OH excluding ortho intramolecular Hbond substituents is 3. The molecule has 0 aliphatic carbocycles. The van der Waals surface area contributed by atoms with Crippen LogP contribution in [0, 0.1) is 0 Å². The minimum Gasteiger partial charge on any atom is -0.571 e. The van der Waals surface area contributed by atoms with E-state index in [-0.39, 0.29) is 45.8 Å². The van der Waals surface area contributed by atoms with Crippen LogP contribution in [0.5, 0.6) is 34.5 Å². The van der Waals surface area contributed by atoms with Crippen LogP contribution < -0.4 is 9.47 Å². The number of ether oxygens (including phenoxy) is 5. The summed E-state index contributed by atoms with van der Waals surface area (Å²) in [6, 6.07) is 5.40. The molecule has 2 aliphatic heterocycles. The summed E-state index contributed by atoms with van der Waals surface area (Å²) in [5.41, 5.74) is 0.608. The first-order valence-corrected chi connectivity index (χ1v) is 10.6. The molecule has 12 heteroatoms. The smallest absolute Gasteiger partial charge is 0.270 e. The van der Waals surface area contributed by atoms with E-state index in [4.69, 9.17) is 18.9 Å². The van der Waals surface area contributed by atoms with Crippen LogP contribution in [-0.2, 0) is 9.47 Å². The molecule has 0 amide bonds. The summed E-state index contributed by atoms with van der Waals surface area (Å²) >= 11 is 0. The highest BCUT2D eigenvalue weighted by molar-refractivity contribution is 5.69. The molecular formula is C23H27O12+. The second-order valence-electron chi connectivity index (χ2n) is 8.07. The minimum atomic E-state index is -1.69. The fourth-order valence-corrected chi connectivity index (χ4v) is 3.99. The summed E-state index contributed by atoms with van der Waals surface area (Å²) in [6.45, 7) is -0.646. The Kier molecular flexibility index (Phi) is 6.83. The van der Waals surface area contributed by atoms with E-state index in [2.05, 4.69) is 4.74 Å². The maximum absolute atomic E-state index is 10.4. The number of aliphatic hydroxyl groups is 5. The Hall–Kier alpha value is -3.42. The molecule has 0 radical (unpaired) electrons. The van der Waals surface area contributed by atoms with E-state index in [9.17, 15) is 35.7 Å². The van der Waals surface area contributed by atoms with Gasteiger partial charge in [0.1, 0.15) is 41.5 Å². The highest BCUT2D eigenvalue weighted by Crippen LogP contribution is 2.48. The summed E-state index contributed by atoms with van der Waals surface area (Å²) in [4.78, 5) is 0. The predicted molar refractivity (Wildman–Crippen MR) is 118 cm³/mol. The van der Waals surface area contributed by atoms with Crippen LogP contribution in [0.2, 0.25) is 0 Å². The van der Waals surface area contributed by atoms with Gasteiger partial charge in [-0.1, -0.05) is 0 Å². The molecule has 2 aromatic carbocycles. The van der Waals surface area contributed by atoms with Gasteiger partial charge in [0, 0.05) is 12.1 Å². The summed E-state index contributed by atoms with van der Waals surface area (Å²) < 4.78 is 26.3. The third-order valence-electron chi connectivity index (χ3n) is 5.86. The van der Waals surface area contributed by atoms with Gasteiger partial charge in [-0.15, -0.1) is 0 Å². The molecule has 0 spiro atoms. The Balaban J connectivity index is 1.79. The molecule has 1 saturated heterocycles. The number of hydrogen-bond donors (Lipinski definition) is 7. The molecule has 2 aromatic rings. The topological polar surface area (TPSA) is 191 Å². The van der Waals surface area contributed by atoms with Crippen molar-refractivity contribution in [2.75, 3.05) is 20.8 Å². The van der Waals surface area contributed by atoms with Crippen molar-refractivity contribution >= 4 is 6.08 Å². The standard InChI is InChI=1S/C23H26O12/c1-31-14-3-9(4-15(32-2)18(14)27)22-16(7-11-12(26)5-10(25)6-13(11)33-22)34-23-21(30)20(29)19(28)17(8-24)35-23/h3-7,17,19-30H,8H2,1-2H3/p+1/t17-,19+,20+,21-,22?,23-/m1/s1. The van der Waals surface area contributed by atoms with Gasteiger partial charge >= 0.3 is 0 Å². The van der Waals surface area contributed by atoms with Crippen LogP contribution in [0.25, 0.3) is 6.08 Å². The Morgan fingerprint density at radius 2 is 1.57 bits per heavy atom. The Morgan fingerprint density at radius 1 is 0.914 bits per heavy atom. The third kappa shape index (κ3) is 4.49. The lowest BCUT2D eigenvalue weighted by Crippen LogP contribution is -2.59. The zero-order chi connectivity index (χ0) is 25.4. The Morgan fingerprint density at radius 3 is 2.17 bits per heavy atom. The molecular weight excluding hydrogens is 468 g/mol. The van der Waals surface area contributed by atoms with Gasteiger partial charge in [-0.3, -0.25) is 0 Å². The largest absolute Gasteiger partial charge is 0.571 e. The molecule has 0 bridgehead atoms. The highest BCUT2D eigenvalue weighted by Gasteiger charge is 2.46. The lowest BCUT2D eigenvalue weighted by Gasteiger charge is -2.40. The molecule has 1 unspecified atom stereocenters. The molecule has 35 heavy (non-hydrogen) atoms. The molecule has 12 nitrogen and oxygen atoms in total. The number of fused-ring (bicyclic) bond motifs is 1. The van der Waals surface area contributed by atoms with Crippen LogP contribution in [0.15, 0.2) is 30.0 Å².